The lowest BCUT2D eigenvalue weighted by Gasteiger charge is -2.38. The molecule has 142 valence electrons. The van der Waals surface area contributed by atoms with Gasteiger partial charge < -0.3 is 20.0 Å². The van der Waals surface area contributed by atoms with E-state index >= 15 is 0 Å². The summed E-state index contributed by atoms with van der Waals surface area (Å²) in [6.45, 7) is 4.35. The summed E-state index contributed by atoms with van der Waals surface area (Å²) in [5.41, 5.74) is 12.6. The molecule has 1 fully saturated rings. The van der Waals surface area contributed by atoms with E-state index in [2.05, 4.69) is 42.9 Å². The number of benzene rings is 1. The largest absolute Gasteiger partial charge is 0.505 e. The van der Waals surface area contributed by atoms with Crippen molar-refractivity contribution >= 4 is 11.9 Å². The molecule has 1 aliphatic carbocycles. The number of nitrogens with one attached hydrogen (secondary N) is 2. The third-order valence-electron chi connectivity index (χ3n) is 5.67. The highest BCUT2D eigenvalue weighted by Gasteiger charge is 2.43. The molecule has 3 N–H and O–H groups in total. The zero-order valence-electron chi connectivity index (χ0n) is 15.7. The number of carbonyl (C=O) groups is 1. The Morgan fingerprint density at radius 3 is 2.69 bits per heavy atom. The van der Waals surface area contributed by atoms with E-state index in [1.165, 1.54) is 16.7 Å². The molecule has 6 heteroatoms. The third-order valence-corrected chi connectivity index (χ3v) is 5.67. The molecule has 0 aromatic heterocycles. The monoisotopic (exact) mass is 360 g/mol. The number of ether oxygens (including phenoxy) is 2. The molecule has 1 aromatic rings. The maximum Gasteiger partial charge on any atom is 0.505 e. The van der Waals surface area contributed by atoms with Gasteiger partial charge in [-0.25, -0.2) is 10.2 Å². The van der Waals surface area contributed by atoms with Crippen LogP contribution >= 0.6 is 0 Å². The van der Waals surface area contributed by atoms with Gasteiger partial charge in [-0.1, -0.05) is 17.7 Å². The van der Waals surface area contributed by atoms with Crippen molar-refractivity contribution in [1.29, 1.82) is 0 Å². The number of hydrogen-bond donors (Lipinski definition) is 3. The van der Waals surface area contributed by atoms with Gasteiger partial charge in [0.15, 0.2) is 0 Å². The zero-order valence-corrected chi connectivity index (χ0v) is 15.7. The van der Waals surface area contributed by atoms with E-state index in [0.29, 0.717) is 12.5 Å². The Labute approximate surface area is 154 Å². The van der Waals surface area contributed by atoms with E-state index in [0.717, 1.165) is 36.9 Å². The Balaban J connectivity index is 1.94. The topological polar surface area (TPSA) is 79.8 Å². The second kappa shape index (κ2) is 7.68. The van der Waals surface area contributed by atoms with Gasteiger partial charge in [0, 0.05) is 19.1 Å². The highest BCUT2D eigenvalue weighted by Crippen LogP contribution is 2.42. The van der Waals surface area contributed by atoms with Crippen molar-refractivity contribution < 1.29 is 19.4 Å². The van der Waals surface area contributed by atoms with Gasteiger partial charge >= 0.3 is 6.16 Å². The average Bonchev–Trinajstić information content (AvgIpc) is 2.96. The molecule has 1 saturated carbocycles. The van der Waals surface area contributed by atoms with Crippen LogP contribution in [0.1, 0.15) is 48.8 Å². The SMILES string of the molecule is COC1CCC2(CC1)NNC(c1cc(C)ccc1C)=C2CCOC(=O)O. The standard InChI is InChI=1S/C20H28N2O4/c1-13-4-5-14(2)16(12-13)18-17(8-11-26-19(23)24)20(22-21-18)9-6-15(25-3)7-10-20/h4-5,12,15,21-22H,6-11H2,1-3H3,(H,23,24). The van der Waals surface area contributed by atoms with Gasteiger partial charge in [-0.15, -0.1) is 0 Å². The second-order valence-corrected chi connectivity index (χ2v) is 7.30. The predicted molar refractivity (Wildman–Crippen MR) is 99.7 cm³/mol. The Bertz CT molecular complexity index is 706. The normalized spacial score (nSPS) is 25.4. The summed E-state index contributed by atoms with van der Waals surface area (Å²) >= 11 is 0. The van der Waals surface area contributed by atoms with Gasteiger partial charge in [0.25, 0.3) is 0 Å². The summed E-state index contributed by atoms with van der Waals surface area (Å²) in [7, 11) is 1.77. The predicted octanol–water partition coefficient (Wildman–Crippen LogP) is 3.53. The molecular weight excluding hydrogens is 332 g/mol. The van der Waals surface area contributed by atoms with E-state index in [-0.39, 0.29) is 12.1 Å². The molecule has 2 aliphatic rings. The Hall–Kier alpha value is -2.05. The number of hydrazine groups is 1. The first-order valence-corrected chi connectivity index (χ1v) is 9.18. The van der Waals surface area contributed by atoms with Crippen LogP contribution in [0.15, 0.2) is 23.8 Å². The van der Waals surface area contributed by atoms with Gasteiger partial charge in [-0.05, 0) is 56.7 Å². The molecule has 26 heavy (non-hydrogen) atoms. The summed E-state index contributed by atoms with van der Waals surface area (Å²) in [4.78, 5) is 10.8. The molecule has 1 spiro atoms. The lowest BCUT2D eigenvalue weighted by molar-refractivity contribution is 0.0479. The summed E-state index contributed by atoms with van der Waals surface area (Å²) in [5, 5.41) is 8.83. The zero-order chi connectivity index (χ0) is 18.7. The number of carboxylic acid groups (broad SMARTS) is 1. The Kier molecular flexibility index (Phi) is 5.53. The summed E-state index contributed by atoms with van der Waals surface area (Å²) in [6.07, 6.45) is 3.51. The molecular formula is C20H28N2O4. The molecule has 6 nitrogen and oxygen atoms in total. The minimum atomic E-state index is -1.23. The van der Waals surface area contributed by atoms with Gasteiger partial charge in [-0.3, -0.25) is 0 Å². The van der Waals surface area contributed by atoms with Crippen molar-refractivity contribution in [2.24, 2.45) is 0 Å². The first-order valence-electron chi connectivity index (χ1n) is 9.18. The summed E-state index contributed by atoms with van der Waals surface area (Å²) < 4.78 is 10.3. The van der Waals surface area contributed by atoms with Crippen LogP contribution in [0.2, 0.25) is 0 Å². The first-order chi connectivity index (χ1) is 12.4. The molecule has 0 unspecified atom stereocenters. The summed E-state index contributed by atoms with van der Waals surface area (Å²) in [6, 6.07) is 6.41. The molecule has 0 saturated heterocycles. The lowest BCUT2D eigenvalue weighted by atomic mass is 9.74. The van der Waals surface area contributed by atoms with Gasteiger partial charge in [0.1, 0.15) is 0 Å². The third kappa shape index (κ3) is 3.71. The van der Waals surface area contributed by atoms with Crippen molar-refractivity contribution in [3.05, 3.63) is 40.5 Å². The minimum absolute atomic E-state index is 0.164. The van der Waals surface area contributed by atoms with Crippen molar-refractivity contribution in [2.75, 3.05) is 13.7 Å². The first kappa shape index (κ1) is 18.7. The quantitative estimate of drug-likeness (QED) is 0.697. The number of rotatable bonds is 5. The van der Waals surface area contributed by atoms with Crippen LogP contribution in [0.3, 0.4) is 0 Å². The Morgan fingerprint density at radius 1 is 1.31 bits per heavy atom. The van der Waals surface area contributed by atoms with Crippen LogP contribution in [-0.4, -0.2) is 36.6 Å². The van der Waals surface area contributed by atoms with E-state index in [1.807, 2.05) is 0 Å². The van der Waals surface area contributed by atoms with Crippen LogP contribution in [-0.2, 0) is 9.47 Å². The minimum Gasteiger partial charge on any atom is -0.450 e. The van der Waals surface area contributed by atoms with E-state index < -0.39 is 6.16 Å². The fourth-order valence-corrected chi connectivity index (χ4v) is 4.16. The van der Waals surface area contributed by atoms with Crippen LogP contribution in [0.4, 0.5) is 4.79 Å². The fourth-order valence-electron chi connectivity index (χ4n) is 4.16. The van der Waals surface area contributed by atoms with Crippen LogP contribution in [0, 0.1) is 13.8 Å². The van der Waals surface area contributed by atoms with Crippen molar-refractivity contribution in [2.45, 2.75) is 57.6 Å². The maximum absolute atomic E-state index is 10.8. The average molecular weight is 360 g/mol. The van der Waals surface area contributed by atoms with Crippen LogP contribution < -0.4 is 10.9 Å². The van der Waals surface area contributed by atoms with Gasteiger partial charge in [0.2, 0.25) is 0 Å². The fraction of sp³-hybridized carbons (Fsp3) is 0.550. The number of aryl methyl sites for hydroxylation is 2. The van der Waals surface area contributed by atoms with Gasteiger partial charge in [0.05, 0.1) is 23.9 Å². The molecule has 3 rings (SSSR count). The molecule has 1 heterocycles. The molecule has 0 atom stereocenters. The maximum atomic E-state index is 10.8. The van der Waals surface area contributed by atoms with E-state index in [9.17, 15) is 4.79 Å². The van der Waals surface area contributed by atoms with Crippen LogP contribution in [0.5, 0.6) is 0 Å². The van der Waals surface area contributed by atoms with Gasteiger partial charge in [-0.2, -0.15) is 0 Å². The highest BCUT2D eigenvalue weighted by atomic mass is 16.7. The van der Waals surface area contributed by atoms with Crippen molar-refractivity contribution in [3.8, 4) is 0 Å². The van der Waals surface area contributed by atoms with Crippen molar-refractivity contribution in [3.63, 3.8) is 0 Å². The molecule has 1 aliphatic heterocycles. The molecule has 0 bridgehead atoms. The van der Waals surface area contributed by atoms with E-state index in [4.69, 9.17) is 14.6 Å². The molecule has 1 aromatic carbocycles. The smallest absolute Gasteiger partial charge is 0.450 e. The molecule has 0 radical (unpaired) electrons. The number of methoxy groups -OCH3 is 1. The lowest BCUT2D eigenvalue weighted by Crippen LogP contribution is -2.50. The van der Waals surface area contributed by atoms with Crippen LogP contribution in [0.25, 0.3) is 5.70 Å². The number of hydrogen-bond acceptors (Lipinski definition) is 5. The molecule has 0 amide bonds. The van der Waals surface area contributed by atoms with E-state index in [1.54, 1.807) is 7.11 Å². The summed E-state index contributed by atoms with van der Waals surface area (Å²) in [5.74, 6) is 0. The van der Waals surface area contributed by atoms with Crippen molar-refractivity contribution in [1.82, 2.24) is 10.9 Å². The highest BCUT2D eigenvalue weighted by molar-refractivity contribution is 5.74. The second-order valence-electron chi connectivity index (χ2n) is 7.30. The Morgan fingerprint density at radius 2 is 2.04 bits per heavy atom.